The van der Waals surface area contributed by atoms with Gasteiger partial charge in [-0.3, -0.25) is 0 Å². The number of hydrogen-bond donors (Lipinski definition) is 2. The fourth-order valence-corrected chi connectivity index (χ4v) is 0.531. The molecule has 0 rings (SSSR count). The molecule has 2 heteroatoms. The predicted molar refractivity (Wildman–Crippen MR) is 41.0 cm³/mol. The second kappa shape index (κ2) is 4.15. The van der Waals surface area contributed by atoms with Crippen molar-refractivity contribution in [2.75, 3.05) is 6.54 Å². The molecule has 0 heterocycles. The Kier molecular flexibility index (Phi) is 3.80. The summed E-state index contributed by atoms with van der Waals surface area (Å²) < 4.78 is 0. The molecule has 0 aliphatic heterocycles. The molecule has 2 nitrogen and oxygen atoms in total. The predicted octanol–water partition coefficient (Wildman–Crippen LogP) is 0.623. The molecule has 0 aromatic heterocycles. The lowest BCUT2D eigenvalue weighted by molar-refractivity contribution is 0.681. The molecule has 1 atom stereocenters. The molecule has 0 fully saturated rings. The third kappa shape index (κ3) is 3.79. The fraction of sp³-hybridized carbons (Fsp3) is 0.429. The molecule has 0 radical (unpaired) electrons. The van der Waals surface area contributed by atoms with Crippen molar-refractivity contribution in [1.29, 1.82) is 0 Å². The number of hydrogen-bond acceptors (Lipinski definition) is 2. The minimum atomic E-state index is 0.169. The van der Waals surface area contributed by atoms with Gasteiger partial charge in [-0.25, -0.2) is 0 Å². The van der Waals surface area contributed by atoms with Crippen molar-refractivity contribution < 1.29 is 0 Å². The topological polar surface area (TPSA) is 38.0 Å². The van der Waals surface area contributed by atoms with Gasteiger partial charge in [-0.05, 0) is 6.92 Å². The van der Waals surface area contributed by atoms with Crippen molar-refractivity contribution in [2.24, 2.45) is 5.73 Å². The van der Waals surface area contributed by atoms with E-state index in [4.69, 9.17) is 5.73 Å². The van der Waals surface area contributed by atoms with Gasteiger partial charge < -0.3 is 11.1 Å². The van der Waals surface area contributed by atoms with Crippen molar-refractivity contribution in [3.63, 3.8) is 0 Å². The van der Waals surface area contributed by atoms with Crippen molar-refractivity contribution in [2.45, 2.75) is 13.0 Å². The second-order valence-electron chi connectivity index (χ2n) is 2.00. The average molecular weight is 126 g/mol. The zero-order valence-corrected chi connectivity index (χ0v) is 5.85. The highest BCUT2D eigenvalue weighted by molar-refractivity contribution is 4.96. The summed E-state index contributed by atoms with van der Waals surface area (Å²) in [4.78, 5) is 0. The van der Waals surface area contributed by atoms with E-state index in [1.165, 1.54) is 0 Å². The third-order valence-corrected chi connectivity index (χ3v) is 0.970. The maximum atomic E-state index is 5.36. The van der Waals surface area contributed by atoms with E-state index in [2.05, 4.69) is 18.5 Å². The summed E-state index contributed by atoms with van der Waals surface area (Å²) in [5.41, 5.74) is 6.28. The first-order chi connectivity index (χ1) is 4.20. The number of nitrogens with one attached hydrogen (secondary N) is 1. The van der Waals surface area contributed by atoms with Crippen LogP contribution >= 0.6 is 0 Å². The molecule has 0 aromatic carbocycles. The van der Waals surface area contributed by atoms with Crippen LogP contribution in [-0.2, 0) is 0 Å². The van der Waals surface area contributed by atoms with Crippen LogP contribution in [0, 0.1) is 0 Å². The highest BCUT2D eigenvalue weighted by Crippen LogP contribution is 1.85. The van der Waals surface area contributed by atoms with Gasteiger partial charge >= 0.3 is 0 Å². The third-order valence-electron chi connectivity index (χ3n) is 0.970. The summed E-state index contributed by atoms with van der Waals surface area (Å²) in [6, 6.07) is 0.169. The van der Waals surface area contributed by atoms with Gasteiger partial charge in [-0.15, -0.1) is 6.58 Å². The molecule has 9 heavy (non-hydrogen) atoms. The molecule has 0 bridgehead atoms. The van der Waals surface area contributed by atoms with Crippen molar-refractivity contribution in [1.82, 2.24) is 5.32 Å². The van der Waals surface area contributed by atoms with Crippen LogP contribution in [0.2, 0.25) is 0 Å². The standard InChI is InChI=1S/C7H14N2/c1-4-7(5-8)9-6(2)3/h4,7,9H,1-2,5,8H2,3H3. The summed E-state index contributed by atoms with van der Waals surface area (Å²) in [5, 5.41) is 3.04. The van der Waals surface area contributed by atoms with E-state index in [1.807, 2.05) is 6.92 Å². The van der Waals surface area contributed by atoms with Crippen LogP contribution in [0.15, 0.2) is 24.9 Å². The Morgan fingerprint density at radius 3 is 2.56 bits per heavy atom. The molecule has 0 aliphatic rings. The minimum absolute atomic E-state index is 0.169. The van der Waals surface area contributed by atoms with E-state index >= 15 is 0 Å². The SMILES string of the molecule is C=CC(CN)NC(=C)C. The van der Waals surface area contributed by atoms with E-state index < -0.39 is 0 Å². The van der Waals surface area contributed by atoms with Gasteiger partial charge in [0.15, 0.2) is 0 Å². The molecule has 0 saturated carbocycles. The Morgan fingerprint density at radius 1 is 1.89 bits per heavy atom. The van der Waals surface area contributed by atoms with Crippen LogP contribution in [-0.4, -0.2) is 12.6 Å². The van der Waals surface area contributed by atoms with Gasteiger partial charge in [0, 0.05) is 12.2 Å². The number of allylic oxidation sites excluding steroid dienone is 1. The molecule has 3 N–H and O–H groups in total. The van der Waals surface area contributed by atoms with E-state index in [0.29, 0.717) is 6.54 Å². The maximum Gasteiger partial charge on any atom is 0.0561 e. The van der Waals surface area contributed by atoms with Gasteiger partial charge in [0.05, 0.1) is 6.04 Å². The average Bonchev–Trinajstić information content (AvgIpc) is 1.82. The maximum absolute atomic E-state index is 5.36. The van der Waals surface area contributed by atoms with Gasteiger partial charge in [0.2, 0.25) is 0 Å². The summed E-state index contributed by atoms with van der Waals surface area (Å²) in [7, 11) is 0. The fourth-order valence-electron chi connectivity index (χ4n) is 0.531. The van der Waals surface area contributed by atoms with Gasteiger partial charge in [-0.1, -0.05) is 12.7 Å². The Bertz CT molecular complexity index is 107. The zero-order chi connectivity index (χ0) is 7.28. The Balaban J connectivity index is 3.55. The second-order valence-corrected chi connectivity index (χ2v) is 2.00. The lowest BCUT2D eigenvalue weighted by atomic mass is 10.3. The van der Waals surface area contributed by atoms with Crippen LogP contribution in [0.5, 0.6) is 0 Å². The quantitative estimate of drug-likeness (QED) is 0.542. The van der Waals surface area contributed by atoms with Crippen molar-refractivity contribution >= 4 is 0 Å². The van der Waals surface area contributed by atoms with Crippen LogP contribution in [0.4, 0.5) is 0 Å². The van der Waals surface area contributed by atoms with Gasteiger partial charge in [-0.2, -0.15) is 0 Å². The van der Waals surface area contributed by atoms with E-state index in [0.717, 1.165) is 5.70 Å². The smallest absolute Gasteiger partial charge is 0.0561 e. The van der Waals surface area contributed by atoms with E-state index in [-0.39, 0.29) is 6.04 Å². The van der Waals surface area contributed by atoms with Gasteiger partial charge in [0.25, 0.3) is 0 Å². The number of rotatable bonds is 4. The summed E-state index contributed by atoms with van der Waals surface area (Å²) in [6.07, 6.45) is 1.77. The highest BCUT2D eigenvalue weighted by Gasteiger charge is 1.96. The summed E-state index contributed by atoms with van der Waals surface area (Å²) >= 11 is 0. The summed E-state index contributed by atoms with van der Waals surface area (Å²) in [5.74, 6) is 0. The Morgan fingerprint density at radius 2 is 2.44 bits per heavy atom. The molecule has 0 saturated heterocycles. The van der Waals surface area contributed by atoms with Crippen LogP contribution in [0.1, 0.15) is 6.92 Å². The Labute approximate surface area is 56.4 Å². The van der Waals surface area contributed by atoms with Crippen molar-refractivity contribution in [3.05, 3.63) is 24.9 Å². The molecule has 0 spiro atoms. The lowest BCUT2D eigenvalue weighted by Gasteiger charge is -2.12. The first kappa shape index (κ1) is 8.24. The molecular formula is C7H14N2. The number of nitrogens with two attached hydrogens (primary N) is 1. The molecule has 0 aromatic rings. The zero-order valence-electron chi connectivity index (χ0n) is 5.85. The first-order valence-corrected chi connectivity index (χ1v) is 2.95. The van der Waals surface area contributed by atoms with Crippen LogP contribution in [0.25, 0.3) is 0 Å². The largest absolute Gasteiger partial charge is 0.382 e. The molecule has 0 aliphatic carbocycles. The van der Waals surface area contributed by atoms with E-state index in [9.17, 15) is 0 Å². The normalized spacial score (nSPS) is 12.2. The molecule has 52 valence electrons. The van der Waals surface area contributed by atoms with Crippen LogP contribution in [0.3, 0.4) is 0 Å². The van der Waals surface area contributed by atoms with E-state index in [1.54, 1.807) is 6.08 Å². The highest BCUT2D eigenvalue weighted by atomic mass is 14.9. The summed E-state index contributed by atoms with van der Waals surface area (Å²) in [6.45, 7) is 9.74. The minimum Gasteiger partial charge on any atom is -0.382 e. The molecule has 1 unspecified atom stereocenters. The Hall–Kier alpha value is -0.760. The monoisotopic (exact) mass is 126 g/mol. The molecule has 0 amide bonds. The van der Waals surface area contributed by atoms with Gasteiger partial charge in [0.1, 0.15) is 0 Å². The lowest BCUT2D eigenvalue weighted by Crippen LogP contribution is -2.32. The first-order valence-electron chi connectivity index (χ1n) is 2.95. The molecular weight excluding hydrogens is 112 g/mol. The van der Waals surface area contributed by atoms with Crippen LogP contribution < -0.4 is 11.1 Å². The van der Waals surface area contributed by atoms with Crippen molar-refractivity contribution in [3.8, 4) is 0 Å².